The fourth-order valence-corrected chi connectivity index (χ4v) is 8.68. The lowest BCUT2D eigenvalue weighted by atomic mass is 9.49. The van der Waals surface area contributed by atoms with Gasteiger partial charge in [-0.25, -0.2) is 0 Å². The zero-order chi connectivity index (χ0) is 25.0. The average molecular weight is 478 g/mol. The van der Waals surface area contributed by atoms with Gasteiger partial charge in [0.1, 0.15) is 0 Å². The Morgan fingerprint density at radius 1 is 0.778 bits per heavy atom. The molecule has 1 heterocycles. The van der Waals surface area contributed by atoms with E-state index in [0.29, 0.717) is 11.8 Å². The summed E-state index contributed by atoms with van der Waals surface area (Å²) in [5.74, 6) is 3.02. The predicted molar refractivity (Wildman–Crippen MR) is 150 cm³/mol. The summed E-state index contributed by atoms with van der Waals surface area (Å²) >= 11 is 0. The van der Waals surface area contributed by atoms with Gasteiger partial charge in [0.15, 0.2) is 0 Å². The van der Waals surface area contributed by atoms with Crippen molar-refractivity contribution in [2.24, 2.45) is 23.7 Å². The number of hydrogen-bond acceptors (Lipinski definition) is 2. The molecule has 0 N–H and O–H groups in total. The van der Waals surface area contributed by atoms with Crippen molar-refractivity contribution in [1.82, 2.24) is 0 Å². The van der Waals surface area contributed by atoms with Crippen molar-refractivity contribution < 1.29 is 9.31 Å². The SMILES string of the molecule is CC1CC2CC(C)C3(c4ccc(B5OC(C)(C)C(C)(C)O5)cc4-c4ccc5ccccc5c43)C(C1)C2. The second kappa shape index (κ2) is 7.48. The molecule has 5 unspecified atom stereocenters. The summed E-state index contributed by atoms with van der Waals surface area (Å²) < 4.78 is 13.0. The Morgan fingerprint density at radius 3 is 2.31 bits per heavy atom. The average Bonchev–Trinajstić information content (AvgIpc) is 3.25. The molecule has 2 bridgehead atoms. The van der Waals surface area contributed by atoms with Crippen LogP contribution in [0.5, 0.6) is 0 Å². The first-order valence-electron chi connectivity index (χ1n) is 14.1. The smallest absolute Gasteiger partial charge is 0.399 e. The molecule has 3 fully saturated rings. The van der Waals surface area contributed by atoms with Gasteiger partial charge in [-0.3, -0.25) is 0 Å². The van der Waals surface area contributed by atoms with Crippen LogP contribution >= 0.6 is 0 Å². The van der Waals surface area contributed by atoms with Crippen molar-refractivity contribution in [2.75, 3.05) is 0 Å². The minimum Gasteiger partial charge on any atom is -0.399 e. The lowest BCUT2D eigenvalue weighted by Gasteiger charge is -2.54. The third-order valence-corrected chi connectivity index (χ3v) is 10.8. The third kappa shape index (κ3) is 2.93. The molecule has 3 aliphatic carbocycles. The Morgan fingerprint density at radius 2 is 1.53 bits per heavy atom. The van der Waals surface area contributed by atoms with Crippen LogP contribution in [0.4, 0.5) is 0 Å². The molecule has 0 amide bonds. The largest absolute Gasteiger partial charge is 0.494 e. The number of benzene rings is 3. The molecule has 5 atom stereocenters. The highest BCUT2D eigenvalue weighted by Crippen LogP contribution is 2.65. The molecular formula is C33H39BO2. The number of rotatable bonds is 1. The maximum atomic E-state index is 6.48. The van der Waals surface area contributed by atoms with Crippen LogP contribution in [0.1, 0.15) is 78.4 Å². The van der Waals surface area contributed by atoms with Crippen molar-refractivity contribution in [2.45, 2.75) is 83.8 Å². The molecule has 3 aromatic rings. The van der Waals surface area contributed by atoms with E-state index in [2.05, 4.69) is 96.1 Å². The molecule has 186 valence electrons. The first-order valence-corrected chi connectivity index (χ1v) is 14.1. The molecule has 4 aliphatic rings. The Bertz CT molecular complexity index is 1350. The van der Waals surface area contributed by atoms with E-state index in [1.807, 2.05) is 0 Å². The van der Waals surface area contributed by atoms with E-state index in [-0.39, 0.29) is 23.7 Å². The first kappa shape index (κ1) is 23.1. The van der Waals surface area contributed by atoms with Gasteiger partial charge in [0.05, 0.1) is 11.2 Å². The van der Waals surface area contributed by atoms with Gasteiger partial charge in [-0.15, -0.1) is 0 Å². The Balaban J connectivity index is 1.46. The fourth-order valence-electron chi connectivity index (χ4n) is 8.68. The second-order valence-corrected chi connectivity index (χ2v) is 13.5. The van der Waals surface area contributed by atoms with Gasteiger partial charge in [0.25, 0.3) is 0 Å². The summed E-state index contributed by atoms with van der Waals surface area (Å²) in [7, 11) is -0.330. The maximum Gasteiger partial charge on any atom is 0.494 e. The topological polar surface area (TPSA) is 18.5 Å². The second-order valence-electron chi connectivity index (χ2n) is 13.5. The standard InChI is InChI=1S/C33H39BO2/c1-20-15-22-17-21(2)33(24(16-20)18-22)29-14-12-25(34-35-31(3,4)32(5,6)36-34)19-28(29)27-13-11-23-9-7-8-10-26(23)30(27)33/h7-14,19-22,24H,15-18H2,1-6H3. The molecule has 2 nitrogen and oxygen atoms in total. The van der Waals surface area contributed by atoms with E-state index in [1.165, 1.54) is 47.6 Å². The zero-order valence-electron chi connectivity index (χ0n) is 22.7. The highest BCUT2D eigenvalue weighted by atomic mass is 16.7. The van der Waals surface area contributed by atoms with Crippen molar-refractivity contribution >= 4 is 23.4 Å². The van der Waals surface area contributed by atoms with E-state index in [9.17, 15) is 0 Å². The van der Waals surface area contributed by atoms with Gasteiger partial charge < -0.3 is 9.31 Å². The summed E-state index contributed by atoms with van der Waals surface area (Å²) in [6, 6.07) is 21.0. The first-order chi connectivity index (χ1) is 17.1. The van der Waals surface area contributed by atoms with E-state index in [0.717, 1.165) is 17.3 Å². The van der Waals surface area contributed by atoms with Crippen molar-refractivity contribution in [3.8, 4) is 11.1 Å². The van der Waals surface area contributed by atoms with Gasteiger partial charge in [0, 0.05) is 5.41 Å². The van der Waals surface area contributed by atoms with Crippen molar-refractivity contribution in [3.63, 3.8) is 0 Å². The molecular weight excluding hydrogens is 439 g/mol. The van der Waals surface area contributed by atoms with E-state index in [4.69, 9.17) is 9.31 Å². The molecule has 36 heavy (non-hydrogen) atoms. The summed E-state index contributed by atoms with van der Waals surface area (Å²) in [5.41, 5.74) is 6.56. The van der Waals surface area contributed by atoms with Gasteiger partial charge in [-0.05, 0) is 116 Å². The van der Waals surface area contributed by atoms with Crippen LogP contribution in [0, 0.1) is 23.7 Å². The van der Waals surface area contributed by atoms with Crippen molar-refractivity contribution in [1.29, 1.82) is 0 Å². The molecule has 0 aromatic heterocycles. The molecule has 3 heteroatoms. The highest BCUT2D eigenvalue weighted by molar-refractivity contribution is 6.62. The van der Waals surface area contributed by atoms with Crippen LogP contribution in [0.3, 0.4) is 0 Å². The predicted octanol–water partition coefficient (Wildman–Crippen LogP) is 7.50. The summed E-state index contributed by atoms with van der Waals surface area (Å²) in [6.45, 7) is 13.6. The van der Waals surface area contributed by atoms with E-state index in [1.54, 1.807) is 11.1 Å². The van der Waals surface area contributed by atoms with Gasteiger partial charge in [-0.2, -0.15) is 0 Å². The minimum atomic E-state index is -0.336. The Hall–Kier alpha value is -2.10. The minimum absolute atomic E-state index is 0.0885. The van der Waals surface area contributed by atoms with E-state index >= 15 is 0 Å². The molecule has 2 saturated carbocycles. The normalized spacial score (nSPS) is 33.7. The molecule has 1 saturated heterocycles. The maximum absolute atomic E-state index is 6.48. The van der Waals surface area contributed by atoms with Gasteiger partial charge >= 0.3 is 7.12 Å². The summed E-state index contributed by atoms with van der Waals surface area (Å²) in [4.78, 5) is 0. The Labute approximate surface area is 216 Å². The summed E-state index contributed by atoms with van der Waals surface area (Å²) in [6.07, 6.45) is 5.45. The number of fused-ring (bicyclic) bond motifs is 10. The monoisotopic (exact) mass is 478 g/mol. The molecule has 0 radical (unpaired) electrons. The van der Waals surface area contributed by atoms with Crippen LogP contribution in [-0.4, -0.2) is 18.3 Å². The van der Waals surface area contributed by atoms with E-state index < -0.39 is 0 Å². The molecule has 3 aromatic carbocycles. The third-order valence-electron chi connectivity index (χ3n) is 10.8. The molecule has 7 rings (SSSR count). The van der Waals surface area contributed by atoms with Gasteiger partial charge in [-0.1, -0.05) is 68.4 Å². The quantitative estimate of drug-likeness (QED) is 0.337. The Kier molecular flexibility index (Phi) is 4.79. The fraction of sp³-hybridized carbons (Fsp3) is 0.515. The lowest BCUT2D eigenvalue weighted by Crippen LogP contribution is -2.49. The zero-order valence-corrected chi connectivity index (χ0v) is 22.7. The van der Waals surface area contributed by atoms with Crippen LogP contribution in [0.15, 0.2) is 54.6 Å². The summed E-state index contributed by atoms with van der Waals surface area (Å²) in [5, 5.41) is 2.82. The lowest BCUT2D eigenvalue weighted by molar-refractivity contribution is 0.00578. The van der Waals surface area contributed by atoms with Crippen LogP contribution < -0.4 is 5.46 Å². The van der Waals surface area contributed by atoms with Crippen molar-refractivity contribution in [3.05, 3.63) is 65.7 Å². The van der Waals surface area contributed by atoms with Crippen LogP contribution in [0.25, 0.3) is 21.9 Å². The molecule has 1 spiro atoms. The molecule has 1 aliphatic heterocycles. The van der Waals surface area contributed by atoms with Crippen LogP contribution in [0.2, 0.25) is 0 Å². The van der Waals surface area contributed by atoms with Gasteiger partial charge in [0.2, 0.25) is 0 Å². The number of hydrogen-bond donors (Lipinski definition) is 0. The van der Waals surface area contributed by atoms with Crippen LogP contribution in [-0.2, 0) is 14.7 Å². The highest BCUT2D eigenvalue weighted by Gasteiger charge is 2.58.